The standard InChI is InChI=1S/C17H19ClN4O2.C8H10O2.C2H6/c1-3-4-14(22-15(23)9-20-17(22)24)16-19-8-13(21-16)11-6-5-10(2)7-12(11)18;9-6-7-10-8-4-2-1-3-5-8;1-2/h5-8,14H,3-4,9H2,1-2H3,(H,19,21)(H,20,24);1-5,9H,6-7H2;1-2H3. The molecule has 4 rings (SSSR count). The van der Waals surface area contributed by atoms with Crippen LogP contribution in [-0.4, -0.2) is 51.7 Å². The van der Waals surface area contributed by atoms with Gasteiger partial charge in [-0.05, 0) is 37.1 Å². The molecule has 36 heavy (non-hydrogen) atoms. The highest BCUT2D eigenvalue weighted by Crippen LogP contribution is 2.31. The number of hydrogen-bond acceptors (Lipinski definition) is 5. The van der Waals surface area contributed by atoms with E-state index in [0.717, 1.165) is 29.0 Å². The van der Waals surface area contributed by atoms with Gasteiger partial charge in [-0.2, -0.15) is 0 Å². The molecular formula is C27H35ClN4O4. The number of halogens is 1. The number of nitrogens with zero attached hydrogens (tertiary/aromatic N) is 2. The van der Waals surface area contributed by atoms with E-state index in [1.165, 1.54) is 4.90 Å². The van der Waals surface area contributed by atoms with Crippen LogP contribution in [0.1, 0.15) is 51.0 Å². The number of aliphatic hydroxyl groups is 1. The predicted octanol–water partition coefficient (Wildman–Crippen LogP) is 5.52. The SMILES string of the molecule is CC.CCCC(c1ncc(-c2ccc(C)cc2Cl)[nH]1)N1C(=O)CNC1=O.OCCOc1ccccc1. The average molecular weight is 515 g/mol. The van der Waals surface area contributed by atoms with Gasteiger partial charge in [0, 0.05) is 5.56 Å². The van der Waals surface area contributed by atoms with E-state index in [0.29, 0.717) is 23.9 Å². The number of para-hydroxylation sites is 1. The fourth-order valence-corrected chi connectivity index (χ4v) is 3.91. The summed E-state index contributed by atoms with van der Waals surface area (Å²) >= 11 is 6.31. The molecule has 1 atom stereocenters. The van der Waals surface area contributed by atoms with E-state index < -0.39 is 6.04 Å². The van der Waals surface area contributed by atoms with E-state index in [1.807, 2.05) is 76.2 Å². The van der Waals surface area contributed by atoms with Crippen LogP contribution in [0.3, 0.4) is 0 Å². The third-order valence-corrected chi connectivity index (χ3v) is 5.49. The van der Waals surface area contributed by atoms with Crippen molar-refractivity contribution < 1.29 is 19.4 Å². The molecule has 2 aromatic carbocycles. The van der Waals surface area contributed by atoms with Crippen molar-refractivity contribution in [1.29, 1.82) is 0 Å². The van der Waals surface area contributed by atoms with Crippen LogP contribution in [-0.2, 0) is 4.79 Å². The number of aromatic amines is 1. The first-order valence-corrected chi connectivity index (χ1v) is 12.5. The summed E-state index contributed by atoms with van der Waals surface area (Å²) in [5.41, 5.74) is 2.68. The molecule has 1 unspecified atom stereocenters. The summed E-state index contributed by atoms with van der Waals surface area (Å²) in [6.45, 7) is 8.45. The molecule has 9 heteroatoms. The maximum absolute atomic E-state index is 12.0. The lowest BCUT2D eigenvalue weighted by atomic mass is 10.1. The quantitative estimate of drug-likeness (QED) is 0.343. The Bertz CT molecular complexity index is 1090. The Hall–Kier alpha value is -3.36. The van der Waals surface area contributed by atoms with Crippen molar-refractivity contribution in [2.45, 2.75) is 46.6 Å². The molecule has 1 aromatic heterocycles. The highest BCUT2D eigenvalue weighted by atomic mass is 35.5. The van der Waals surface area contributed by atoms with Crippen LogP contribution in [0.4, 0.5) is 4.79 Å². The minimum absolute atomic E-state index is 0.0381. The van der Waals surface area contributed by atoms with Crippen LogP contribution in [0.2, 0.25) is 5.02 Å². The summed E-state index contributed by atoms with van der Waals surface area (Å²) < 4.78 is 5.11. The Balaban J connectivity index is 0.000000318. The van der Waals surface area contributed by atoms with Gasteiger partial charge in [0.05, 0.1) is 36.1 Å². The summed E-state index contributed by atoms with van der Waals surface area (Å²) in [6.07, 6.45) is 3.16. The van der Waals surface area contributed by atoms with Gasteiger partial charge in [0.25, 0.3) is 5.91 Å². The van der Waals surface area contributed by atoms with Crippen molar-refractivity contribution in [3.63, 3.8) is 0 Å². The number of rotatable bonds is 8. The number of aryl methyl sites for hydroxylation is 1. The van der Waals surface area contributed by atoms with Gasteiger partial charge in [-0.3, -0.25) is 9.69 Å². The minimum atomic E-state index is -0.400. The Labute approximate surface area is 217 Å². The Morgan fingerprint density at radius 3 is 2.47 bits per heavy atom. The number of benzene rings is 2. The number of carbonyl (C=O) groups is 2. The number of aromatic nitrogens is 2. The number of H-pyrrole nitrogens is 1. The first-order valence-electron chi connectivity index (χ1n) is 12.1. The highest BCUT2D eigenvalue weighted by Gasteiger charge is 2.36. The molecule has 0 spiro atoms. The highest BCUT2D eigenvalue weighted by molar-refractivity contribution is 6.33. The lowest BCUT2D eigenvalue weighted by molar-refractivity contribution is -0.126. The number of nitrogens with one attached hydrogen (secondary N) is 2. The summed E-state index contributed by atoms with van der Waals surface area (Å²) in [5, 5.41) is 11.6. The second kappa shape index (κ2) is 14.9. The van der Waals surface area contributed by atoms with Crippen molar-refractivity contribution in [2.24, 2.45) is 0 Å². The van der Waals surface area contributed by atoms with Crippen molar-refractivity contribution in [1.82, 2.24) is 20.2 Å². The van der Waals surface area contributed by atoms with Gasteiger partial charge >= 0.3 is 6.03 Å². The van der Waals surface area contributed by atoms with Gasteiger partial charge in [-0.1, -0.05) is 69.1 Å². The van der Waals surface area contributed by atoms with Gasteiger partial charge < -0.3 is 20.1 Å². The minimum Gasteiger partial charge on any atom is -0.491 e. The fourth-order valence-electron chi connectivity index (χ4n) is 3.57. The van der Waals surface area contributed by atoms with Gasteiger partial charge in [0.2, 0.25) is 0 Å². The van der Waals surface area contributed by atoms with E-state index in [-0.39, 0.29) is 25.1 Å². The lowest BCUT2D eigenvalue weighted by Crippen LogP contribution is -2.35. The molecule has 0 aliphatic carbocycles. The number of amides is 3. The summed E-state index contributed by atoms with van der Waals surface area (Å²) in [6, 6.07) is 14.4. The van der Waals surface area contributed by atoms with Gasteiger partial charge in [0.15, 0.2) is 0 Å². The molecule has 194 valence electrons. The van der Waals surface area contributed by atoms with Crippen molar-refractivity contribution in [2.75, 3.05) is 19.8 Å². The van der Waals surface area contributed by atoms with Crippen LogP contribution >= 0.6 is 11.6 Å². The predicted molar refractivity (Wildman–Crippen MR) is 142 cm³/mol. The molecule has 1 saturated heterocycles. The zero-order valence-corrected chi connectivity index (χ0v) is 22.0. The summed E-state index contributed by atoms with van der Waals surface area (Å²) in [4.78, 5) is 32.9. The average Bonchev–Trinajstić information content (AvgIpc) is 3.50. The molecule has 1 fully saturated rings. The molecule has 0 radical (unpaired) electrons. The third kappa shape index (κ3) is 7.83. The number of hydrogen-bond donors (Lipinski definition) is 3. The molecule has 1 aliphatic rings. The summed E-state index contributed by atoms with van der Waals surface area (Å²) in [5.74, 6) is 1.16. The molecule has 3 amide bonds. The lowest BCUT2D eigenvalue weighted by Gasteiger charge is -2.22. The Kier molecular flexibility index (Phi) is 12.0. The largest absolute Gasteiger partial charge is 0.491 e. The van der Waals surface area contributed by atoms with E-state index in [9.17, 15) is 9.59 Å². The Morgan fingerprint density at radius 2 is 1.89 bits per heavy atom. The van der Waals surface area contributed by atoms with E-state index in [2.05, 4.69) is 15.3 Å². The van der Waals surface area contributed by atoms with Gasteiger partial charge in [0.1, 0.15) is 18.2 Å². The van der Waals surface area contributed by atoms with Gasteiger partial charge in [-0.25, -0.2) is 9.78 Å². The topological polar surface area (TPSA) is 108 Å². The maximum atomic E-state index is 12.0. The molecule has 3 N–H and O–H groups in total. The van der Waals surface area contributed by atoms with Crippen molar-refractivity contribution in [3.8, 4) is 17.0 Å². The monoisotopic (exact) mass is 514 g/mol. The number of carbonyl (C=O) groups excluding carboxylic acids is 2. The Morgan fingerprint density at radius 1 is 1.17 bits per heavy atom. The summed E-state index contributed by atoms with van der Waals surface area (Å²) in [7, 11) is 0. The van der Waals surface area contributed by atoms with Crippen molar-refractivity contribution in [3.05, 3.63) is 71.1 Å². The molecule has 2 heterocycles. The number of aliphatic hydroxyl groups excluding tert-OH is 1. The fraction of sp³-hybridized carbons (Fsp3) is 0.370. The first-order chi connectivity index (χ1) is 17.4. The number of imide groups is 1. The zero-order valence-electron chi connectivity index (χ0n) is 21.3. The molecular weight excluding hydrogens is 480 g/mol. The number of ether oxygens (including phenoxy) is 1. The van der Waals surface area contributed by atoms with Crippen LogP contribution < -0.4 is 10.1 Å². The van der Waals surface area contributed by atoms with Crippen LogP contribution in [0, 0.1) is 6.92 Å². The smallest absolute Gasteiger partial charge is 0.325 e. The van der Waals surface area contributed by atoms with Crippen LogP contribution in [0.25, 0.3) is 11.3 Å². The normalized spacial score (nSPS) is 13.2. The molecule has 8 nitrogen and oxygen atoms in total. The van der Waals surface area contributed by atoms with E-state index >= 15 is 0 Å². The molecule has 1 aliphatic heterocycles. The van der Waals surface area contributed by atoms with E-state index in [4.69, 9.17) is 21.4 Å². The third-order valence-electron chi connectivity index (χ3n) is 5.18. The molecule has 0 bridgehead atoms. The number of urea groups is 1. The van der Waals surface area contributed by atoms with Crippen molar-refractivity contribution >= 4 is 23.5 Å². The van der Waals surface area contributed by atoms with Gasteiger partial charge in [-0.15, -0.1) is 0 Å². The zero-order chi connectivity index (χ0) is 26.5. The number of imidazole rings is 1. The molecule has 3 aromatic rings. The van der Waals surface area contributed by atoms with E-state index in [1.54, 1.807) is 6.20 Å². The maximum Gasteiger partial charge on any atom is 0.325 e. The second-order valence-electron chi connectivity index (χ2n) is 7.78. The molecule has 0 saturated carbocycles. The van der Waals surface area contributed by atoms with Crippen LogP contribution in [0.5, 0.6) is 5.75 Å². The first kappa shape index (κ1) is 28.9. The van der Waals surface area contributed by atoms with Crippen LogP contribution in [0.15, 0.2) is 54.7 Å². The second-order valence-corrected chi connectivity index (χ2v) is 8.18.